The number of amides is 1. The molecule has 0 aliphatic carbocycles. The molecule has 0 atom stereocenters. The Labute approximate surface area is 71.6 Å². The smallest absolute Gasteiger partial charge is 0.211 e. The Morgan fingerprint density at radius 2 is 2.33 bits per heavy atom. The topological polar surface area (TPSA) is 29.1 Å². The van der Waals surface area contributed by atoms with Crippen LogP contribution in [0.1, 0.15) is 12.5 Å². The standard InChI is InChI=1S/C10H9NO/c1-2-4-9-5-3-6-10(7-9)11-8-12/h3,5-8H,1H3,(H,11,12). The molecule has 1 rings (SSSR count). The maximum atomic E-state index is 10.1. The summed E-state index contributed by atoms with van der Waals surface area (Å²) in [4.78, 5) is 10.1. The Morgan fingerprint density at radius 1 is 1.50 bits per heavy atom. The van der Waals surface area contributed by atoms with Crippen molar-refractivity contribution in [2.24, 2.45) is 0 Å². The van der Waals surface area contributed by atoms with Gasteiger partial charge in [0.1, 0.15) is 0 Å². The number of nitrogens with one attached hydrogen (secondary N) is 1. The van der Waals surface area contributed by atoms with Gasteiger partial charge in [0.05, 0.1) is 0 Å². The molecule has 1 N–H and O–H groups in total. The van der Waals surface area contributed by atoms with Crippen molar-refractivity contribution < 1.29 is 4.79 Å². The highest BCUT2D eigenvalue weighted by atomic mass is 16.1. The summed E-state index contributed by atoms with van der Waals surface area (Å²) >= 11 is 0. The molecule has 1 aromatic carbocycles. The minimum Gasteiger partial charge on any atom is -0.329 e. The summed E-state index contributed by atoms with van der Waals surface area (Å²) in [6.45, 7) is 1.78. The molecule has 60 valence electrons. The van der Waals surface area contributed by atoms with Gasteiger partial charge in [0.25, 0.3) is 0 Å². The van der Waals surface area contributed by atoms with Crippen LogP contribution in [0.3, 0.4) is 0 Å². The van der Waals surface area contributed by atoms with Gasteiger partial charge >= 0.3 is 0 Å². The number of hydrogen-bond acceptors (Lipinski definition) is 1. The van der Waals surface area contributed by atoms with Crippen LogP contribution in [-0.2, 0) is 4.79 Å². The quantitative estimate of drug-likeness (QED) is 0.515. The Bertz CT molecular complexity index is 333. The molecule has 12 heavy (non-hydrogen) atoms. The van der Waals surface area contributed by atoms with Crippen molar-refractivity contribution in [3.05, 3.63) is 29.8 Å². The van der Waals surface area contributed by atoms with Crippen molar-refractivity contribution in [3.8, 4) is 11.8 Å². The van der Waals surface area contributed by atoms with Gasteiger partial charge in [-0.15, -0.1) is 5.92 Å². The first-order chi connectivity index (χ1) is 5.86. The molecule has 0 radical (unpaired) electrons. The van der Waals surface area contributed by atoms with E-state index in [9.17, 15) is 4.79 Å². The first-order valence-electron chi connectivity index (χ1n) is 3.60. The van der Waals surface area contributed by atoms with Crippen molar-refractivity contribution in [2.75, 3.05) is 5.32 Å². The molecule has 0 spiro atoms. The fraction of sp³-hybridized carbons (Fsp3) is 0.100. The van der Waals surface area contributed by atoms with Gasteiger partial charge in [-0.25, -0.2) is 0 Å². The normalized spacial score (nSPS) is 8.08. The zero-order valence-electron chi connectivity index (χ0n) is 6.79. The second-order valence-electron chi connectivity index (χ2n) is 2.22. The minimum atomic E-state index is 0.651. The Kier molecular flexibility index (Phi) is 2.92. The van der Waals surface area contributed by atoms with Crippen LogP contribution in [0.5, 0.6) is 0 Å². The van der Waals surface area contributed by atoms with E-state index in [0.717, 1.165) is 11.3 Å². The molecule has 1 aromatic rings. The second kappa shape index (κ2) is 4.20. The van der Waals surface area contributed by atoms with Crippen molar-refractivity contribution in [1.82, 2.24) is 0 Å². The molecule has 2 heteroatoms. The molecule has 0 saturated heterocycles. The molecule has 0 aliphatic heterocycles. The van der Waals surface area contributed by atoms with Crippen molar-refractivity contribution in [2.45, 2.75) is 6.92 Å². The Morgan fingerprint density at radius 3 is 3.00 bits per heavy atom. The lowest BCUT2D eigenvalue weighted by atomic mass is 10.2. The first-order valence-corrected chi connectivity index (χ1v) is 3.60. The minimum absolute atomic E-state index is 0.651. The molecule has 0 fully saturated rings. The predicted octanol–water partition coefficient (Wildman–Crippen LogP) is 1.63. The van der Waals surface area contributed by atoms with Crippen LogP contribution >= 0.6 is 0 Å². The van der Waals surface area contributed by atoms with Crippen LogP contribution in [0, 0.1) is 11.8 Å². The largest absolute Gasteiger partial charge is 0.329 e. The van der Waals surface area contributed by atoms with Gasteiger partial charge in [-0.2, -0.15) is 0 Å². The molecule has 0 aromatic heterocycles. The molecule has 1 amide bonds. The van der Waals surface area contributed by atoms with E-state index >= 15 is 0 Å². The third kappa shape index (κ3) is 2.14. The van der Waals surface area contributed by atoms with Crippen LogP contribution in [0.15, 0.2) is 24.3 Å². The molecule has 0 heterocycles. The summed E-state index contributed by atoms with van der Waals surface area (Å²) in [5.41, 5.74) is 1.68. The highest BCUT2D eigenvalue weighted by molar-refractivity contribution is 5.71. The maximum absolute atomic E-state index is 10.1. The number of anilines is 1. The number of carbonyl (C=O) groups excluding carboxylic acids is 1. The van der Waals surface area contributed by atoms with E-state index in [-0.39, 0.29) is 0 Å². The third-order valence-electron chi connectivity index (χ3n) is 1.36. The number of hydrogen-bond donors (Lipinski definition) is 1. The highest BCUT2D eigenvalue weighted by Crippen LogP contribution is 2.08. The molecular weight excluding hydrogens is 150 g/mol. The average Bonchev–Trinajstić information content (AvgIpc) is 2.06. The lowest BCUT2D eigenvalue weighted by Gasteiger charge is -1.97. The fourth-order valence-corrected chi connectivity index (χ4v) is 0.899. The summed E-state index contributed by atoms with van der Waals surface area (Å²) in [6, 6.07) is 7.39. The lowest BCUT2D eigenvalue weighted by molar-refractivity contribution is -0.105. The van der Waals surface area contributed by atoms with Crippen LogP contribution in [0.4, 0.5) is 5.69 Å². The lowest BCUT2D eigenvalue weighted by Crippen LogP contribution is -1.93. The Hall–Kier alpha value is -1.75. The van der Waals surface area contributed by atoms with E-state index in [1.807, 2.05) is 24.3 Å². The van der Waals surface area contributed by atoms with Crippen LogP contribution in [0.2, 0.25) is 0 Å². The van der Waals surface area contributed by atoms with E-state index in [4.69, 9.17) is 0 Å². The van der Waals surface area contributed by atoms with Gasteiger partial charge < -0.3 is 5.32 Å². The third-order valence-corrected chi connectivity index (χ3v) is 1.36. The van der Waals surface area contributed by atoms with E-state index in [1.165, 1.54) is 0 Å². The monoisotopic (exact) mass is 159 g/mol. The van der Waals surface area contributed by atoms with Gasteiger partial charge in [-0.1, -0.05) is 12.0 Å². The SMILES string of the molecule is CC#Cc1cccc(NC=O)c1. The average molecular weight is 159 g/mol. The molecule has 0 bridgehead atoms. The van der Waals surface area contributed by atoms with Crippen LogP contribution in [-0.4, -0.2) is 6.41 Å². The van der Waals surface area contributed by atoms with Crippen LogP contribution < -0.4 is 5.32 Å². The summed E-state index contributed by atoms with van der Waals surface area (Å²) in [5.74, 6) is 5.69. The summed E-state index contributed by atoms with van der Waals surface area (Å²) in [5, 5.41) is 2.56. The summed E-state index contributed by atoms with van der Waals surface area (Å²) in [7, 11) is 0. The number of carbonyl (C=O) groups is 1. The van der Waals surface area contributed by atoms with E-state index in [2.05, 4.69) is 17.2 Å². The highest BCUT2D eigenvalue weighted by Gasteiger charge is 1.89. The number of rotatable bonds is 2. The van der Waals surface area contributed by atoms with Gasteiger partial charge in [0.15, 0.2) is 0 Å². The van der Waals surface area contributed by atoms with Crippen molar-refractivity contribution in [3.63, 3.8) is 0 Å². The maximum Gasteiger partial charge on any atom is 0.211 e. The van der Waals surface area contributed by atoms with E-state index in [1.54, 1.807) is 6.92 Å². The van der Waals surface area contributed by atoms with Crippen molar-refractivity contribution in [1.29, 1.82) is 0 Å². The molecular formula is C10H9NO. The summed E-state index contributed by atoms with van der Waals surface area (Å²) < 4.78 is 0. The number of benzene rings is 1. The van der Waals surface area contributed by atoms with Gasteiger partial charge in [0.2, 0.25) is 6.41 Å². The Balaban J connectivity index is 2.92. The van der Waals surface area contributed by atoms with Crippen molar-refractivity contribution >= 4 is 12.1 Å². The van der Waals surface area contributed by atoms with Gasteiger partial charge in [0, 0.05) is 11.3 Å². The predicted molar refractivity (Wildman–Crippen MR) is 48.7 cm³/mol. The zero-order chi connectivity index (χ0) is 8.81. The second-order valence-corrected chi connectivity index (χ2v) is 2.22. The van der Waals surface area contributed by atoms with E-state index in [0.29, 0.717) is 6.41 Å². The van der Waals surface area contributed by atoms with E-state index < -0.39 is 0 Å². The van der Waals surface area contributed by atoms with Gasteiger partial charge in [-0.3, -0.25) is 4.79 Å². The molecule has 0 unspecified atom stereocenters. The molecule has 2 nitrogen and oxygen atoms in total. The van der Waals surface area contributed by atoms with Gasteiger partial charge in [-0.05, 0) is 25.1 Å². The molecule has 0 aliphatic rings. The zero-order valence-corrected chi connectivity index (χ0v) is 6.79. The summed E-state index contributed by atoms with van der Waals surface area (Å²) in [6.07, 6.45) is 0.651. The fourth-order valence-electron chi connectivity index (χ4n) is 0.899. The first kappa shape index (κ1) is 8.35. The van der Waals surface area contributed by atoms with Crippen LogP contribution in [0.25, 0.3) is 0 Å². The molecule has 0 saturated carbocycles.